The molecule has 0 N–H and O–H groups in total. The fraction of sp³-hybridized carbons (Fsp3) is 1.00. The van der Waals surface area contributed by atoms with Crippen molar-refractivity contribution in [1.29, 1.82) is 0 Å². The highest BCUT2D eigenvalue weighted by molar-refractivity contribution is 7.99. The van der Waals surface area contributed by atoms with Crippen molar-refractivity contribution in [3.8, 4) is 0 Å². The van der Waals surface area contributed by atoms with Crippen LogP contribution in [-0.2, 0) is 0 Å². The molecule has 0 radical (unpaired) electrons. The Morgan fingerprint density at radius 1 is 1.15 bits per heavy atom. The van der Waals surface area contributed by atoms with E-state index in [0.717, 1.165) is 17.3 Å². The van der Waals surface area contributed by atoms with E-state index in [9.17, 15) is 0 Å². The van der Waals surface area contributed by atoms with Crippen molar-refractivity contribution >= 4 is 11.8 Å². The number of thioether (sulfide) groups is 1. The Kier molecular flexibility index (Phi) is 2.92. The molecule has 0 aromatic carbocycles. The zero-order valence-corrected chi connectivity index (χ0v) is 9.83. The Balaban J connectivity index is 1.88. The molecule has 0 amide bonds. The Morgan fingerprint density at radius 3 is 2.31 bits per heavy atom. The van der Waals surface area contributed by atoms with Gasteiger partial charge in [0.15, 0.2) is 0 Å². The van der Waals surface area contributed by atoms with Crippen LogP contribution in [0.5, 0.6) is 0 Å². The van der Waals surface area contributed by atoms with Crippen LogP contribution >= 0.6 is 11.8 Å². The number of hydrogen-bond acceptors (Lipinski definition) is 1. The summed E-state index contributed by atoms with van der Waals surface area (Å²) in [4.78, 5) is 0. The van der Waals surface area contributed by atoms with Crippen LogP contribution in [0.2, 0.25) is 0 Å². The first-order valence-corrected chi connectivity index (χ1v) is 6.95. The first-order chi connectivity index (χ1) is 6.22. The summed E-state index contributed by atoms with van der Waals surface area (Å²) < 4.78 is 0. The molecule has 0 aromatic heterocycles. The molecule has 0 bridgehead atoms. The maximum absolute atomic E-state index is 2.39. The van der Waals surface area contributed by atoms with Gasteiger partial charge >= 0.3 is 0 Å². The molecule has 13 heavy (non-hydrogen) atoms. The molecule has 0 nitrogen and oxygen atoms in total. The molecule has 76 valence electrons. The molecule has 1 spiro atoms. The van der Waals surface area contributed by atoms with Crippen molar-refractivity contribution in [3.05, 3.63) is 0 Å². The third kappa shape index (κ3) is 2.06. The summed E-state index contributed by atoms with van der Waals surface area (Å²) in [6.45, 7) is 4.79. The van der Waals surface area contributed by atoms with E-state index < -0.39 is 0 Å². The number of hydrogen-bond donors (Lipinski definition) is 0. The van der Waals surface area contributed by atoms with Gasteiger partial charge in [-0.2, -0.15) is 11.8 Å². The van der Waals surface area contributed by atoms with Gasteiger partial charge in [0.05, 0.1) is 0 Å². The molecule has 1 aliphatic carbocycles. The van der Waals surface area contributed by atoms with Crippen LogP contribution in [0.15, 0.2) is 0 Å². The van der Waals surface area contributed by atoms with Crippen molar-refractivity contribution in [2.24, 2.45) is 17.3 Å². The lowest BCUT2D eigenvalue weighted by Crippen LogP contribution is -2.28. The smallest absolute Gasteiger partial charge is 0.00105 e. The van der Waals surface area contributed by atoms with Crippen molar-refractivity contribution in [1.82, 2.24) is 0 Å². The minimum atomic E-state index is 0.802. The summed E-state index contributed by atoms with van der Waals surface area (Å²) in [6.07, 6.45) is 7.60. The first-order valence-electron chi connectivity index (χ1n) is 5.80. The van der Waals surface area contributed by atoms with Gasteiger partial charge in [-0.15, -0.1) is 0 Å². The summed E-state index contributed by atoms with van der Waals surface area (Å²) in [7, 11) is 0. The Labute approximate surface area is 86.9 Å². The lowest BCUT2D eigenvalue weighted by Gasteiger charge is -2.38. The van der Waals surface area contributed by atoms with Crippen LogP contribution in [-0.4, -0.2) is 11.5 Å². The molecule has 2 rings (SSSR count). The molecule has 2 aliphatic rings. The van der Waals surface area contributed by atoms with Gasteiger partial charge in [0, 0.05) is 0 Å². The standard InChI is InChI=1S/C12H22S/c1-10(2)11-3-5-12(6-4-11)7-8-13-9-12/h10-11H,3-9H2,1-2H3. The van der Waals surface area contributed by atoms with E-state index in [2.05, 4.69) is 25.6 Å². The van der Waals surface area contributed by atoms with Gasteiger partial charge in [-0.3, -0.25) is 0 Å². The van der Waals surface area contributed by atoms with Gasteiger partial charge in [-0.1, -0.05) is 13.8 Å². The second-order valence-electron chi connectivity index (χ2n) is 5.38. The highest BCUT2D eigenvalue weighted by Crippen LogP contribution is 2.49. The molecule has 1 saturated carbocycles. The maximum atomic E-state index is 2.39. The molecule has 0 unspecified atom stereocenters. The SMILES string of the molecule is CC(C)C1CCC2(CCSC2)CC1. The van der Waals surface area contributed by atoms with E-state index in [1.807, 2.05) is 0 Å². The largest absolute Gasteiger partial charge is 0.161 e. The van der Waals surface area contributed by atoms with Crippen LogP contribution in [0, 0.1) is 17.3 Å². The average molecular weight is 198 g/mol. The lowest BCUT2D eigenvalue weighted by atomic mass is 9.68. The van der Waals surface area contributed by atoms with Gasteiger partial charge in [0.2, 0.25) is 0 Å². The minimum absolute atomic E-state index is 0.802. The van der Waals surface area contributed by atoms with Crippen LogP contribution in [0.3, 0.4) is 0 Å². The Morgan fingerprint density at radius 2 is 1.85 bits per heavy atom. The number of rotatable bonds is 1. The van der Waals surface area contributed by atoms with Crippen molar-refractivity contribution in [2.75, 3.05) is 11.5 Å². The summed E-state index contributed by atoms with van der Waals surface area (Å²) in [5, 5.41) is 0. The predicted octanol–water partition coefficient (Wildman–Crippen LogP) is 3.96. The molecule has 1 heteroatoms. The van der Waals surface area contributed by atoms with E-state index in [1.54, 1.807) is 0 Å². The molecule has 0 atom stereocenters. The molecular weight excluding hydrogens is 176 g/mol. The fourth-order valence-corrected chi connectivity index (χ4v) is 4.55. The summed E-state index contributed by atoms with van der Waals surface area (Å²) in [5.74, 6) is 4.87. The Hall–Kier alpha value is 0.350. The van der Waals surface area contributed by atoms with E-state index in [-0.39, 0.29) is 0 Å². The third-order valence-electron chi connectivity index (χ3n) is 4.22. The van der Waals surface area contributed by atoms with E-state index in [0.29, 0.717) is 0 Å². The van der Waals surface area contributed by atoms with Gasteiger partial charge in [0.1, 0.15) is 0 Å². The zero-order chi connectivity index (χ0) is 9.31. The predicted molar refractivity (Wildman–Crippen MR) is 61.2 cm³/mol. The normalized spacial score (nSPS) is 40.4. The maximum Gasteiger partial charge on any atom is -0.00105 e. The van der Waals surface area contributed by atoms with E-state index in [1.165, 1.54) is 43.6 Å². The summed E-state index contributed by atoms with van der Waals surface area (Å²) >= 11 is 2.19. The zero-order valence-electron chi connectivity index (χ0n) is 9.01. The van der Waals surface area contributed by atoms with E-state index >= 15 is 0 Å². The van der Waals surface area contributed by atoms with Gasteiger partial charge in [-0.25, -0.2) is 0 Å². The van der Waals surface area contributed by atoms with Crippen LogP contribution in [0.25, 0.3) is 0 Å². The summed E-state index contributed by atoms with van der Waals surface area (Å²) in [6, 6.07) is 0. The molecule has 2 fully saturated rings. The highest BCUT2D eigenvalue weighted by atomic mass is 32.2. The van der Waals surface area contributed by atoms with Crippen molar-refractivity contribution in [3.63, 3.8) is 0 Å². The highest BCUT2D eigenvalue weighted by Gasteiger charge is 2.38. The average Bonchev–Trinajstić information content (AvgIpc) is 2.54. The van der Waals surface area contributed by atoms with E-state index in [4.69, 9.17) is 0 Å². The molecule has 1 saturated heterocycles. The third-order valence-corrected chi connectivity index (χ3v) is 5.53. The second kappa shape index (κ2) is 3.84. The van der Waals surface area contributed by atoms with Crippen molar-refractivity contribution < 1.29 is 0 Å². The van der Waals surface area contributed by atoms with Crippen LogP contribution < -0.4 is 0 Å². The monoisotopic (exact) mass is 198 g/mol. The summed E-state index contributed by atoms with van der Waals surface area (Å²) in [5.41, 5.74) is 0.802. The topological polar surface area (TPSA) is 0 Å². The first kappa shape index (κ1) is 9.89. The van der Waals surface area contributed by atoms with Crippen LogP contribution in [0.4, 0.5) is 0 Å². The Bertz CT molecular complexity index is 158. The molecule has 0 aromatic rings. The van der Waals surface area contributed by atoms with Crippen LogP contribution in [0.1, 0.15) is 46.0 Å². The van der Waals surface area contributed by atoms with Crippen molar-refractivity contribution in [2.45, 2.75) is 46.0 Å². The second-order valence-corrected chi connectivity index (χ2v) is 6.49. The quantitative estimate of drug-likeness (QED) is 0.614. The minimum Gasteiger partial charge on any atom is -0.161 e. The van der Waals surface area contributed by atoms with Gasteiger partial charge in [0.25, 0.3) is 0 Å². The molecule has 1 aliphatic heterocycles. The lowest BCUT2D eigenvalue weighted by molar-refractivity contribution is 0.150. The van der Waals surface area contributed by atoms with Gasteiger partial charge in [-0.05, 0) is 60.9 Å². The van der Waals surface area contributed by atoms with Gasteiger partial charge < -0.3 is 0 Å². The molecule has 1 heterocycles. The molecular formula is C12H22S. The fourth-order valence-electron chi connectivity index (χ4n) is 2.96.